The number of pyridine rings is 1. The lowest BCUT2D eigenvalue weighted by Crippen LogP contribution is -2.32. The van der Waals surface area contributed by atoms with E-state index in [2.05, 4.69) is 9.97 Å². The second-order valence-electron chi connectivity index (χ2n) is 6.08. The third-order valence-corrected chi connectivity index (χ3v) is 3.75. The zero-order chi connectivity index (χ0) is 18.4. The molecule has 0 spiro atoms. The molecule has 0 aromatic carbocycles. The number of aliphatic hydroxyl groups is 1. The van der Waals surface area contributed by atoms with Crippen molar-refractivity contribution in [2.24, 2.45) is 11.7 Å². The molecule has 0 amide bonds. The Labute approximate surface area is 144 Å². The molecule has 0 saturated carbocycles. The Morgan fingerprint density at radius 2 is 2.08 bits per heavy atom. The third-order valence-electron chi connectivity index (χ3n) is 3.75. The van der Waals surface area contributed by atoms with Crippen LogP contribution in [0.5, 0.6) is 0 Å². The first-order chi connectivity index (χ1) is 11.9. The number of aliphatic hydroxyl groups excluding tert-OH is 1. The van der Waals surface area contributed by atoms with Gasteiger partial charge < -0.3 is 30.9 Å². The minimum atomic E-state index is -0.605. The quantitative estimate of drug-likeness (QED) is 0.255. The summed E-state index contributed by atoms with van der Waals surface area (Å²) in [4.78, 5) is 28.3. The molecule has 0 saturated heterocycles. The predicted molar refractivity (Wildman–Crippen MR) is 91.4 cm³/mol. The zero-order valence-corrected chi connectivity index (χ0v) is 14.3. The van der Waals surface area contributed by atoms with Gasteiger partial charge in [0.1, 0.15) is 25.3 Å². The first kappa shape index (κ1) is 19.3. The molecular formula is C15H25N5O5. The van der Waals surface area contributed by atoms with Crippen molar-refractivity contribution in [3.63, 3.8) is 0 Å². The average molecular weight is 355 g/mol. The van der Waals surface area contributed by atoms with E-state index < -0.39 is 6.10 Å². The average Bonchev–Trinajstić information content (AvgIpc) is 2.97. The first-order valence-electron chi connectivity index (χ1n) is 7.98. The highest BCUT2D eigenvalue weighted by atomic mass is 17.2. The van der Waals surface area contributed by atoms with Gasteiger partial charge in [0, 0.05) is 12.1 Å². The van der Waals surface area contributed by atoms with Gasteiger partial charge in [-0.3, -0.25) is 4.79 Å². The van der Waals surface area contributed by atoms with Crippen LogP contribution >= 0.6 is 0 Å². The topological polar surface area (TPSA) is 151 Å². The molecule has 25 heavy (non-hydrogen) atoms. The van der Waals surface area contributed by atoms with Crippen LogP contribution in [-0.4, -0.2) is 51.6 Å². The van der Waals surface area contributed by atoms with E-state index in [4.69, 9.17) is 26.0 Å². The van der Waals surface area contributed by atoms with Crippen molar-refractivity contribution in [2.45, 2.75) is 32.7 Å². The highest BCUT2D eigenvalue weighted by Gasteiger charge is 2.13. The van der Waals surface area contributed by atoms with Gasteiger partial charge >= 0.3 is 0 Å². The van der Waals surface area contributed by atoms with Gasteiger partial charge in [0.25, 0.3) is 5.56 Å². The molecule has 2 heterocycles. The summed E-state index contributed by atoms with van der Waals surface area (Å²) in [5.41, 5.74) is 11.9. The lowest BCUT2D eigenvalue weighted by Gasteiger charge is -2.18. The highest BCUT2D eigenvalue weighted by molar-refractivity contribution is 5.76. The molecule has 2 rings (SSSR count). The summed E-state index contributed by atoms with van der Waals surface area (Å²) in [6.45, 7) is 4.08. The highest BCUT2D eigenvalue weighted by Crippen LogP contribution is 2.11. The van der Waals surface area contributed by atoms with Crippen molar-refractivity contribution in [3.05, 3.63) is 22.7 Å². The number of aromatic nitrogens is 3. The van der Waals surface area contributed by atoms with Gasteiger partial charge in [-0.2, -0.15) is 0 Å². The fourth-order valence-corrected chi connectivity index (χ4v) is 1.98. The van der Waals surface area contributed by atoms with Crippen LogP contribution in [0.25, 0.3) is 11.0 Å². The maximum atomic E-state index is 11.7. The minimum absolute atomic E-state index is 0.0384. The van der Waals surface area contributed by atoms with Crippen LogP contribution in [0.2, 0.25) is 0 Å². The van der Waals surface area contributed by atoms with Crippen molar-refractivity contribution in [3.8, 4) is 0 Å². The van der Waals surface area contributed by atoms with E-state index >= 15 is 0 Å². The lowest BCUT2D eigenvalue weighted by atomic mass is 10.1. The summed E-state index contributed by atoms with van der Waals surface area (Å²) in [6.07, 6.45) is 0.861. The number of fused-ring (bicyclic) bond motifs is 1. The molecule has 0 bridgehead atoms. The summed E-state index contributed by atoms with van der Waals surface area (Å²) >= 11 is 0. The van der Waals surface area contributed by atoms with Crippen LogP contribution in [0, 0.1) is 5.92 Å². The van der Waals surface area contributed by atoms with Crippen LogP contribution in [-0.2, 0) is 21.2 Å². The van der Waals surface area contributed by atoms with Gasteiger partial charge in [-0.15, -0.1) is 0 Å². The number of hydrogen-bond acceptors (Lipinski definition) is 8. The molecule has 2 aromatic heterocycles. The summed E-state index contributed by atoms with van der Waals surface area (Å²) in [5.74, 6) is 0.509. The second kappa shape index (κ2) is 8.92. The molecule has 0 aliphatic heterocycles. The van der Waals surface area contributed by atoms with E-state index in [0.717, 1.165) is 0 Å². The molecule has 0 radical (unpaired) electrons. The van der Waals surface area contributed by atoms with Gasteiger partial charge in [-0.05, 0) is 5.92 Å². The molecule has 10 nitrogen and oxygen atoms in total. The van der Waals surface area contributed by atoms with E-state index in [-0.39, 0.29) is 55.4 Å². The van der Waals surface area contributed by atoms with E-state index in [1.165, 1.54) is 6.33 Å². The molecule has 140 valence electrons. The predicted octanol–water partition coefficient (Wildman–Crippen LogP) is -0.427. The van der Waals surface area contributed by atoms with Crippen molar-refractivity contribution in [2.75, 3.05) is 25.6 Å². The standard InChI is InChI=1S/C15H25N5O5/c1-9(2)11(16)6-25-24-5-10(4-21)23-8-20-7-18-14-12(20)3-13(17)19-15(14)22/h3,7,9-11,21H,4-6,8,16H2,1-2H3,(H3,17,19,22). The third kappa shape index (κ3) is 5.25. The van der Waals surface area contributed by atoms with Crippen LogP contribution in [0.15, 0.2) is 17.2 Å². The minimum Gasteiger partial charge on any atom is -0.394 e. The number of anilines is 1. The Kier molecular flexibility index (Phi) is 6.91. The number of ether oxygens (including phenoxy) is 1. The fourth-order valence-electron chi connectivity index (χ4n) is 1.98. The number of nitrogens with one attached hydrogen (secondary N) is 1. The summed E-state index contributed by atoms with van der Waals surface area (Å²) < 4.78 is 7.17. The largest absolute Gasteiger partial charge is 0.394 e. The number of nitrogens with two attached hydrogens (primary N) is 2. The molecule has 0 fully saturated rings. The Balaban J connectivity index is 1.86. The van der Waals surface area contributed by atoms with Gasteiger partial charge in [0.15, 0.2) is 5.52 Å². The number of rotatable bonds is 10. The zero-order valence-electron chi connectivity index (χ0n) is 14.3. The molecule has 2 aromatic rings. The Bertz CT molecular complexity index is 729. The summed E-state index contributed by atoms with van der Waals surface area (Å²) in [6, 6.07) is 1.46. The lowest BCUT2D eigenvalue weighted by molar-refractivity contribution is -0.313. The van der Waals surface area contributed by atoms with Crippen LogP contribution in [0.4, 0.5) is 5.82 Å². The normalized spacial score (nSPS) is 14.3. The fraction of sp³-hybridized carbons (Fsp3) is 0.600. The number of hydrogen-bond donors (Lipinski definition) is 4. The SMILES string of the molecule is CC(C)C(N)COOCC(CO)OCn1cnc2c(=O)[nH]c(N)cc21. The van der Waals surface area contributed by atoms with Crippen molar-refractivity contribution >= 4 is 16.9 Å². The smallest absolute Gasteiger partial charge is 0.277 e. The Hall–Kier alpha value is -1.98. The number of imidazole rings is 1. The van der Waals surface area contributed by atoms with Gasteiger partial charge in [0.05, 0.1) is 25.1 Å². The van der Waals surface area contributed by atoms with E-state index in [0.29, 0.717) is 5.52 Å². The maximum absolute atomic E-state index is 11.7. The van der Waals surface area contributed by atoms with Crippen molar-refractivity contribution < 1.29 is 19.6 Å². The van der Waals surface area contributed by atoms with Crippen LogP contribution in [0.1, 0.15) is 13.8 Å². The molecule has 6 N–H and O–H groups in total. The van der Waals surface area contributed by atoms with E-state index in [1.807, 2.05) is 13.8 Å². The first-order valence-corrected chi connectivity index (χ1v) is 7.98. The van der Waals surface area contributed by atoms with Crippen molar-refractivity contribution in [1.82, 2.24) is 14.5 Å². The molecule has 2 atom stereocenters. The van der Waals surface area contributed by atoms with Gasteiger partial charge in [0.2, 0.25) is 0 Å². The van der Waals surface area contributed by atoms with Crippen LogP contribution in [0.3, 0.4) is 0 Å². The second-order valence-corrected chi connectivity index (χ2v) is 6.08. The number of nitrogen functional groups attached to an aromatic ring is 1. The molecule has 2 unspecified atom stereocenters. The number of aromatic amines is 1. The summed E-state index contributed by atoms with van der Waals surface area (Å²) in [5, 5.41) is 9.37. The van der Waals surface area contributed by atoms with Gasteiger partial charge in [-0.1, -0.05) is 13.8 Å². The van der Waals surface area contributed by atoms with Crippen LogP contribution < -0.4 is 17.0 Å². The Morgan fingerprint density at radius 1 is 1.36 bits per heavy atom. The monoisotopic (exact) mass is 355 g/mol. The number of H-pyrrole nitrogens is 1. The molecular weight excluding hydrogens is 330 g/mol. The van der Waals surface area contributed by atoms with E-state index in [9.17, 15) is 9.90 Å². The molecule has 0 aliphatic carbocycles. The molecule has 0 aliphatic rings. The maximum Gasteiger partial charge on any atom is 0.277 e. The Morgan fingerprint density at radius 3 is 2.76 bits per heavy atom. The van der Waals surface area contributed by atoms with Crippen molar-refractivity contribution in [1.29, 1.82) is 0 Å². The molecule has 10 heteroatoms. The van der Waals surface area contributed by atoms with E-state index in [1.54, 1.807) is 10.6 Å². The van der Waals surface area contributed by atoms with Gasteiger partial charge in [-0.25, -0.2) is 14.8 Å². The number of nitrogens with zero attached hydrogens (tertiary/aromatic N) is 2. The summed E-state index contributed by atoms with van der Waals surface area (Å²) in [7, 11) is 0.